The Morgan fingerprint density at radius 1 is 1.50 bits per heavy atom. The molecule has 1 N–H and O–H groups in total. The van der Waals surface area contributed by atoms with Crippen LogP contribution in [0, 0.1) is 17.7 Å². The Morgan fingerprint density at radius 3 is 2.75 bits per heavy atom. The van der Waals surface area contributed by atoms with Crippen LogP contribution >= 0.6 is 0 Å². The van der Waals surface area contributed by atoms with Crippen molar-refractivity contribution >= 4 is 11.9 Å². The standard InChI is InChI=1S/C15H18FNO3/c1-9(2)8-17-13(18)7-12(15(19)20)14(17)10-4-3-5-11(16)6-10/h3-6,9,12,14H,7-8H2,1-2H3,(H,19,20). The maximum atomic E-state index is 13.4. The smallest absolute Gasteiger partial charge is 0.309 e. The molecule has 1 aliphatic rings. The summed E-state index contributed by atoms with van der Waals surface area (Å²) in [5, 5.41) is 9.31. The lowest BCUT2D eigenvalue weighted by Crippen LogP contribution is -2.33. The van der Waals surface area contributed by atoms with E-state index in [1.54, 1.807) is 17.0 Å². The number of aliphatic carboxylic acids is 1. The van der Waals surface area contributed by atoms with Crippen LogP contribution in [0.2, 0.25) is 0 Å². The van der Waals surface area contributed by atoms with Crippen molar-refractivity contribution in [3.8, 4) is 0 Å². The topological polar surface area (TPSA) is 57.6 Å². The molecule has 5 heteroatoms. The van der Waals surface area contributed by atoms with Crippen LogP contribution in [0.25, 0.3) is 0 Å². The zero-order valence-corrected chi connectivity index (χ0v) is 11.5. The van der Waals surface area contributed by atoms with Gasteiger partial charge in [-0.3, -0.25) is 9.59 Å². The van der Waals surface area contributed by atoms with E-state index in [0.717, 1.165) is 0 Å². The molecule has 1 aromatic rings. The molecule has 1 aliphatic heterocycles. The van der Waals surface area contributed by atoms with E-state index in [1.165, 1.54) is 12.1 Å². The molecule has 2 atom stereocenters. The predicted molar refractivity (Wildman–Crippen MR) is 71.4 cm³/mol. The second-order valence-corrected chi connectivity index (χ2v) is 5.59. The van der Waals surface area contributed by atoms with E-state index in [9.17, 15) is 19.1 Å². The molecule has 1 aromatic carbocycles. The molecule has 20 heavy (non-hydrogen) atoms. The molecule has 2 unspecified atom stereocenters. The summed E-state index contributed by atoms with van der Waals surface area (Å²) in [6.07, 6.45) is -0.0246. The second kappa shape index (κ2) is 5.61. The Balaban J connectivity index is 2.40. The maximum Gasteiger partial charge on any atom is 0.309 e. The van der Waals surface area contributed by atoms with Crippen molar-refractivity contribution in [1.82, 2.24) is 4.90 Å². The molecular formula is C15H18FNO3. The van der Waals surface area contributed by atoms with Crippen LogP contribution in [0.1, 0.15) is 31.9 Å². The van der Waals surface area contributed by atoms with E-state index in [-0.39, 0.29) is 18.2 Å². The highest BCUT2D eigenvalue weighted by atomic mass is 19.1. The molecular weight excluding hydrogens is 261 g/mol. The number of nitrogens with zero attached hydrogens (tertiary/aromatic N) is 1. The Hall–Kier alpha value is -1.91. The van der Waals surface area contributed by atoms with Crippen molar-refractivity contribution in [3.63, 3.8) is 0 Å². The number of carbonyl (C=O) groups is 2. The minimum atomic E-state index is -1.01. The number of carbonyl (C=O) groups excluding carboxylic acids is 1. The van der Waals surface area contributed by atoms with Crippen LogP contribution in [0.3, 0.4) is 0 Å². The van der Waals surface area contributed by atoms with Crippen LogP contribution in [0.5, 0.6) is 0 Å². The molecule has 0 bridgehead atoms. The SMILES string of the molecule is CC(C)CN1C(=O)CC(C(=O)O)C1c1cccc(F)c1. The van der Waals surface area contributed by atoms with Gasteiger partial charge in [0.05, 0.1) is 12.0 Å². The average molecular weight is 279 g/mol. The number of carboxylic acid groups (broad SMARTS) is 1. The summed E-state index contributed by atoms with van der Waals surface area (Å²) >= 11 is 0. The second-order valence-electron chi connectivity index (χ2n) is 5.59. The van der Waals surface area contributed by atoms with Crippen LogP contribution < -0.4 is 0 Å². The summed E-state index contributed by atoms with van der Waals surface area (Å²) in [6, 6.07) is 5.25. The minimum absolute atomic E-state index is 0.0246. The predicted octanol–water partition coefficient (Wildman–Crippen LogP) is 2.46. The van der Waals surface area contributed by atoms with Crippen LogP contribution in [-0.2, 0) is 9.59 Å². The molecule has 0 spiro atoms. The number of halogens is 1. The van der Waals surface area contributed by atoms with Gasteiger partial charge in [0.1, 0.15) is 5.82 Å². The van der Waals surface area contributed by atoms with Gasteiger partial charge in [-0.25, -0.2) is 4.39 Å². The summed E-state index contributed by atoms with van der Waals surface area (Å²) < 4.78 is 13.4. The van der Waals surface area contributed by atoms with Crippen LogP contribution in [0.15, 0.2) is 24.3 Å². The van der Waals surface area contributed by atoms with Gasteiger partial charge < -0.3 is 10.0 Å². The highest BCUT2D eigenvalue weighted by Crippen LogP contribution is 2.38. The zero-order chi connectivity index (χ0) is 14.9. The van der Waals surface area contributed by atoms with Gasteiger partial charge in [-0.1, -0.05) is 26.0 Å². The molecule has 1 fully saturated rings. The molecule has 1 amide bonds. The Labute approximate surface area is 117 Å². The fourth-order valence-corrected chi connectivity index (χ4v) is 2.72. The molecule has 1 saturated heterocycles. The highest BCUT2D eigenvalue weighted by molar-refractivity contribution is 5.87. The summed E-state index contributed by atoms with van der Waals surface area (Å²) in [5.74, 6) is -2.21. The van der Waals surface area contributed by atoms with Gasteiger partial charge in [-0.2, -0.15) is 0 Å². The van der Waals surface area contributed by atoms with Gasteiger partial charge >= 0.3 is 5.97 Å². The fraction of sp³-hybridized carbons (Fsp3) is 0.467. The molecule has 0 aliphatic carbocycles. The van der Waals surface area contributed by atoms with Gasteiger partial charge in [-0.15, -0.1) is 0 Å². The van der Waals surface area contributed by atoms with Crippen molar-refractivity contribution in [3.05, 3.63) is 35.6 Å². The van der Waals surface area contributed by atoms with Gasteiger partial charge in [0.2, 0.25) is 5.91 Å². The third-order valence-corrected chi connectivity index (χ3v) is 3.50. The molecule has 2 rings (SSSR count). The molecule has 108 valence electrons. The first-order valence-electron chi connectivity index (χ1n) is 6.68. The van der Waals surface area contributed by atoms with E-state index in [0.29, 0.717) is 12.1 Å². The largest absolute Gasteiger partial charge is 0.481 e. The van der Waals surface area contributed by atoms with Crippen LogP contribution in [-0.4, -0.2) is 28.4 Å². The zero-order valence-electron chi connectivity index (χ0n) is 11.5. The first-order chi connectivity index (χ1) is 9.40. The lowest BCUT2D eigenvalue weighted by atomic mass is 9.93. The number of hydrogen-bond acceptors (Lipinski definition) is 2. The minimum Gasteiger partial charge on any atom is -0.481 e. The maximum absolute atomic E-state index is 13.4. The van der Waals surface area contributed by atoms with Gasteiger partial charge in [0.25, 0.3) is 0 Å². The number of hydrogen-bond donors (Lipinski definition) is 1. The van der Waals surface area contributed by atoms with Crippen molar-refractivity contribution in [2.24, 2.45) is 11.8 Å². The molecule has 1 heterocycles. The van der Waals surface area contributed by atoms with E-state index < -0.39 is 23.7 Å². The van der Waals surface area contributed by atoms with E-state index in [4.69, 9.17) is 0 Å². The van der Waals surface area contributed by atoms with Gasteiger partial charge in [0.15, 0.2) is 0 Å². The number of benzene rings is 1. The summed E-state index contributed by atoms with van der Waals surface area (Å²) in [7, 11) is 0. The van der Waals surface area contributed by atoms with Gasteiger partial charge in [0, 0.05) is 13.0 Å². The van der Waals surface area contributed by atoms with E-state index in [2.05, 4.69) is 0 Å². The normalized spacial score (nSPS) is 22.6. The van der Waals surface area contributed by atoms with Crippen molar-refractivity contribution < 1.29 is 19.1 Å². The lowest BCUT2D eigenvalue weighted by molar-refractivity contribution is -0.142. The molecule has 0 saturated carbocycles. The van der Waals surface area contributed by atoms with Crippen LogP contribution in [0.4, 0.5) is 4.39 Å². The van der Waals surface area contributed by atoms with Crippen molar-refractivity contribution in [2.75, 3.05) is 6.54 Å². The Bertz CT molecular complexity index is 530. The monoisotopic (exact) mass is 279 g/mol. The first kappa shape index (κ1) is 14.5. The average Bonchev–Trinajstić information content (AvgIpc) is 2.66. The molecule has 0 radical (unpaired) electrons. The number of rotatable bonds is 4. The summed E-state index contributed by atoms with van der Waals surface area (Å²) in [6.45, 7) is 4.40. The fourth-order valence-electron chi connectivity index (χ4n) is 2.72. The third-order valence-electron chi connectivity index (χ3n) is 3.50. The number of likely N-dealkylation sites (tertiary alicyclic amines) is 1. The summed E-state index contributed by atoms with van der Waals surface area (Å²) in [5.41, 5.74) is 0.545. The Kier molecular flexibility index (Phi) is 4.06. The van der Waals surface area contributed by atoms with Crippen molar-refractivity contribution in [1.29, 1.82) is 0 Å². The first-order valence-corrected chi connectivity index (χ1v) is 6.68. The van der Waals surface area contributed by atoms with E-state index in [1.807, 2.05) is 13.8 Å². The Morgan fingerprint density at radius 2 is 2.20 bits per heavy atom. The highest BCUT2D eigenvalue weighted by Gasteiger charge is 2.44. The van der Waals surface area contributed by atoms with E-state index >= 15 is 0 Å². The molecule has 0 aromatic heterocycles. The van der Waals surface area contributed by atoms with Crippen molar-refractivity contribution in [2.45, 2.75) is 26.3 Å². The molecule has 4 nitrogen and oxygen atoms in total. The quantitative estimate of drug-likeness (QED) is 0.921. The third kappa shape index (κ3) is 2.81. The van der Waals surface area contributed by atoms with Gasteiger partial charge in [-0.05, 0) is 23.6 Å². The summed E-state index contributed by atoms with van der Waals surface area (Å²) in [4.78, 5) is 25.0. The number of amides is 1. The number of carboxylic acids is 1. The lowest BCUT2D eigenvalue weighted by Gasteiger charge is -2.28.